The Hall–Kier alpha value is -2.35. The molecule has 1 fully saturated rings. The first kappa shape index (κ1) is 20.4. The number of carbonyl (C=O) groups is 1. The Morgan fingerprint density at radius 3 is 2.25 bits per heavy atom. The van der Waals surface area contributed by atoms with Crippen LogP contribution in [0, 0.1) is 6.92 Å². The van der Waals surface area contributed by atoms with E-state index < -0.39 is 17.8 Å². The summed E-state index contributed by atoms with van der Waals surface area (Å²) in [6.07, 6.45) is -4.66. The molecule has 0 saturated carbocycles. The molecule has 1 amide bonds. The van der Waals surface area contributed by atoms with Crippen LogP contribution in [0.4, 0.5) is 13.2 Å². The van der Waals surface area contributed by atoms with Crippen molar-refractivity contribution in [2.75, 3.05) is 26.2 Å². The number of rotatable bonds is 4. The molecule has 5 nitrogen and oxygen atoms in total. The van der Waals surface area contributed by atoms with Crippen molar-refractivity contribution in [1.29, 1.82) is 0 Å². The molecule has 1 aliphatic heterocycles. The molecule has 0 spiro atoms. The molecule has 3 rings (SSSR count). The molecule has 0 bridgehead atoms. The molecule has 0 N–H and O–H groups in total. The minimum atomic E-state index is -4.66. The maximum atomic E-state index is 13.5. The number of piperazine rings is 1. The third kappa shape index (κ3) is 4.22. The summed E-state index contributed by atoms with van der Waals surface area (Å²) < 4.78 is 41.7. The summed E-state index contributed by atoms with van der Waals surface area (Å²) in [5.74, 6) is -0.587. The van der Waals surface area contributed by atoms with Crippen LogP contribution in [0.5, 0.6) is 0 Å². The van der Waals surface area contributed by atoms with E-state index in [1.807, 2.05) is 30.3 Å². The molecule has 152 valence electrons. The highest BCUT2D eigenvalue weighted by atomic mass is 19.4. The van der Waals surface area contributed by atoms with E-state index in [4.69, 9.17) is 0 Å². The predicted molar refractivity (Wildman–Crippen MR) is 100.0 cm³/mol. The fraction of sp³-hybridized carbons (Fsp3) is 0.500. The van der Waals surface area contributed by atoms with Gasteiger partial charge in [0.2, 0.25) is 0 Å². The van der Waals surface area contributed by atoms with Gasteiger partial charge in [-0.3, -0.25) is 14.4 Å². The first-order valence-corrected chi connectivity index (χ1v) is 9.40. The number of halogens is 3. The topological polar surface area (TPSA) is 41.4 Å². The molecule has 1 aromatic carbocycles. The van der Waals surface area contributed by atoms with E-state index in [0.29, 0.717) is 26.2 Å². The van der Waals surface area contributed by atoms with Crippen LogP contribution in [0.1, 0.15) is 47.2 Å². The number of alkyl halides is 3. The van der Waals surface area contributed by atoms with Crippen molar-refractivity contribution < 1.29 is 18.0 Å². The monoisotopic (exact) mass is 394 g/mol. The third-order valence-corrected chi connectivity index (χ3v) is 5.03. The van der Waals surface area contributed by atoms with Gasteiger partial charge in [0.05, 0.1) is 5.56 Å². The summed E-state index contributed by atoms with van der Waals surface area (Å²) in [7, 11) is 0. The van der Waals surface area contributed by atoms with Crippen molar-refractivity contribution in [2.24, 2.45) is 0 Å². The lowest BCUT2D eigenvalue weighted by Gasteiger charge is -2.35. The number of hydrogen-bond donors (Lipinski definition) is 0. The average Bonchev–Trinajstić information content (AvgIpc) is 3.00. The van der Waals surface area contributed by atoms with Gasteiger partial charge in [-0.2, -0.15) is 18.3 Å². The highest BCUT2D eigenvalue weighted by Gasteiger charge is 2.42. The fourth-order valence-corrected chi connectivity index (χ4v) is 3.58. The van der Waals surface area contributed by atoms with Gasteiger partial charge in [-0.25, -0.2) is 0 Å². The highest BCUT2D eigenvalue weighted by molar-refractivity contribution is 5.96. The second-order valence-electron chi connectivity index (χ2n) is 7.40. The lowest BCUT2D eigenvalue weighted by atomic mass is 10.1. The maximum absolute atomic E-state index is 13.5. The van der Waals surface area contributed by atoms with Crippen LogP contribution in [0.3, 0.4) is 0 Å². The van der Waals surface area contributed by atoms with Crippen LogP contribution < -0.4 is 0 Å². The Bertz CT molecular complexity index is 822. The molecule has 1 aliphatic rings. The van der Waals surface area contributed by atoms with Crippen LogP contribution in [0.25, 0.3) is 0 Å². The Labute approximate surface area is 162 Å². The number of hydrogen-bond acceptors (Lipinski definition) is 3. The zero-order chi connectivity index (χ0) is 20.5. The van der Waals surface area contributed by atoms with E-state index in [9.17, 15) is 18.0 Å². The molecule has 8 heteroatoms. The van der Waals surface area contributed by atoms with Crippen molar-refractivity contribution >= 4 is 5.91 Å². The second-order valence-corrected chi connectivity index (χ2v) is 7.40. The standard InChI is InChI=1S/C20H25F3N4O/c1-14(2)27-15(3)17(18(24-27)20(21,22)23)19(28)26-11-9-25(10-12-26)13-16-7-5-4-6-8-16/h4-8,14H,9-13H2,1-3H3. The number of nitrogens with zero attached hydrogens (tertiary/aromatic N) is 4. The Balaban J connectivity index is 1.75. The van der Waals surface area contributed by atoms with Crippen molar-refractivity contribution in [1.82, 2.24) is 19.6 Å². The number of benzene rings is 1. The molecule has 0 atom stereocenters. The van der Waals surface area contributed by atoms with Gasteiger partial charge < -0.3 is 4.90 Å². The first-order chi connectivity index (χ1) is 13.2. The molecule has 0 aliphatic carbocycles. The van der Waals surface area contributed by atoms with Crippen LogP contribution in [-0.2, 0) is 12.7 Å². The van der Waals surface area contributed by atoms with E-state index in [-0.39, 0.29) is 17.3 Å². The van der Waals surface area contributed by atoms with Crippen molar-refractivity contribution in [3.8, 4) is 0 Å². The van der Waals surface area contributed by atoms with Crippen LogP contribution in [0.2, 0.25) is 0 Å². The summed E-state index contributed by atoms with van der Waals surface area (Å²) in [6, 6.07) is 9.72. The zero-order valence-electron chi connectivity index (χ0n) is 16.3. The van der Waals surface area contributed by atoms with Gasteiger partial charge in [-0.1, -0.05) is 30.3 Å². The average molecular weight is 394 g/mol. The van der Waals surface area contributed by atoms with Crippen LogP contribution in [-0.4, -0.2) is 51.7 Å². The van der Waals surface area contributed by atoms with E-state index in [1.54, 1.807) is 13.8 Å². The summed E-state index contributed by atoms with van der Waals surface area (Å²) in [5, 5.41) is 3.70. The van der Waals surface area contributed by atoms with E-state index in [2.05, 4.69) is 10.00 Å². The van der Waals surface area contributed by atoms with E-state index in [0.717, 1.165) is 6.54 Å². The van der Waals surface area contributed by atoms with Gasteiger partial charge in [0, 0.05) is 44.5 Å². The molecular formula is C20H25F3N4O. The zero-order valence-corrected chi connectivity index (χ0v) is 16.3. The normalized spacial score (nSPS) is 16.0. The Morgan fingerprint density at radius 2 is 1.71 bits per heavy atom. The molecule has 2 aromatic rings. The SMILES string of the molecule is Cc1c(C(=O)N2CCN(Cc3ccccc3)CC2)c(C(F)(F)F)nn1C(C)C. The Morgan fingerprint density at radius 1 is 1.11 bits per heavy atom. The smallest absolute Gasteiger partial charge is 0.336 e. The molecule has 0 radical (unpaired) electrons. The predicted octanol–water partition coefficient (Wildman–Crippen LogP) is 3.75. The van der Waals surface area contributed by atoms with Gasteiger partial charge in [0.15, 0.2) is 5.69 Å². The highest BCUT2D eigenvalue weighted by Crippen LogP contribution is 2.34. The van der Waals surface area contributed by atoms with Gasteiger partial charge in [-0.15, -0.1) is 0 Å². The maximum Gasteiger partial charge on any atom is 0.435 e. The number of aromatic nitrogens is 2. The number of carbonyl (C=O) groups excluding carboxylic acids is 1. The minimum absolute atomic E-state index is 0.259. The van der Waals surface area contributed by atoms with Crippen LogP contribution in [0.15, 0.2) is 30.3 Å². The van der Waals surface area contributed by atoms with Crippen molar-refractivity contribution in [3.05, 3.63) is 52.8 Å². The number of amides is 1. The quantitative estimate of drug-likeness (QED) is 0.793. The van der Waals surface area contributed by atoms with E-state index >= 15 is 0 Å². The first-order valence-electron chi connectivity index (χ1n) is 9.40. The summed E-state index contributed by atoms with van der Waals surface area (Å²) in [6.45, 7) is 7.83. The second kappa shape index (κ2) is 7.95. The molecule has 0 unspecified atom stereocenters. The lowest BCUT2D eigenvalue weighted by Crippen LogP contribution is -2.48. The summed E-state index contributed by atoms with van der Waals surface area (Å²) in [4.78, 5) is 16.7. The van der Waals surface area contributed by atoms with Crippen molar-refractivity contribution in [3.63, 3.8) is 0 Å². The van der Waals surface area contributed by atoms with Crippen molar-refractivity contribution in [2.45, 2.75) is 39.5 Å². The van der Waals surface area contributed by atoms with Gasteiger partial charge in [-0.05, 0) is 26.3 Å². The van der Waals surface area contributed by atoms with Gasteiger partial charge in [0.1, 0.15) is 0 Å². The minimum Gasteiger partial charge on any atom is -0.336 e. The van der Waals surface area contributed by atoms with Gasteiger partial charge >= 0.3 is 6.18 Å². The lowest BCUT2D eigenvalue weighted by molar-refractivity contribution is -0.142. The summed E-state index contributed by atoms with van der Waals surface area (Å²) >= 11 is 0. The molecule has 1 saturated heterocycles. The molecule has 28 heavy (non-hydrogen) atoms. The third-order valence-electron chi connectivity index (χ3n) is 5.03. The largest absolute Gasteiger partial charge is 0.435 e. The van der Waals surface area contributed by atoms with Crippen LogP contribution >= 0.6 is 0 Å². The Kier molecular flexibility index (Phi) is 5.79. The van der Waals surface area contributed by atoms with E-state index in [1.165, 1.54) is 22.1 Å². The summed E-state index contributed by atoms with van der Waals surface area (Å²) in [5.41, 5.74) is 0.0304. The van der Waals surface area contributed by atoms with Gasteiger partial charge in [0.25, 0.3) is 5.91 Å². The molecular weight excluding hydrogens is 369 g/mol. The fourth-order valence-electron chi connectivity index (χ4n) is 3.58. The molecule has 2 heterocycles. The molecule has 1 aromatic heterocycles.